The zero-order chi connectivity index (χ0) is 12.0. The number of hydrogen-bond donors (Lipinski definition) is 2. The van der Waals surface area contributed by atoms with Crippen LogP contribution in [0.5, 0.6) is 0 Å². The first-order valence-electron chi connectivity index (χ1n) is 5.28. The van der Waals surface area contributed by atoms with E-state index in [1.54, 1.807) is 30.3 Å². The molecule has 1 atom stereocenters. The first-order chi connectivity index (χ1) is 7.60. The Morgan fingerprint density at radius 1 is 1.31 bits per heavy atom. The van der Waals surface area contributed by atoms with Crippen molar-refractivity contribution in [2.24, 2.45) is 0 Å². The number of sulfonamides is 1. The van der Waals surface area contributed by atoms with E-state index in [-0.39, 0.29) is 17.5 Å². The van der Waals surface area contributed by atoms with Gasteiger partial charge in [0.25, 0.3) is 0 Å². The molecular weight excluding hydrogens is 226 g/mol. The fourth-order valence-corrected chi connectivity index (χ4v) is 2.76. The van der Waals surface area contributed by atoms with Gasteiger partial charge in [0.15, 0.2) is 0 Å². The molecule has 1 aromatic carbocycles. The predicted octanol–water partition coefficient (Wildman–Crippen LogP) is 1.13. The number of aliphatic hydroxyl groups excluding tert-OH is 1. The Balaban J connectivity index is 2.79. The standard InChI is InChI=1S/C11H17NO3S/c1-2-10(8-9-13)12-16(14,15)11-6-4-3-5-7-11/h3-7,10,12-13H,2,8-9H2,1H3. The quantitative estimate of drug-likeness (QED) is 0.787. The highest BCUT2D eigenvalue weighted by Gasteiger charge is 2.17. The van der Waals surface area contributed by atoms with Crippen molar-refractivity contribution < 1.29 is 13.5 Å². The van der Waals surface area contributed by atoms with Gasteiger partial charge in [0, 0.05) is 12.6 Å². The van der Waals surface area contributed by atoms with E-state index in [1.807, 2.05) is 6.92 Å². The van der Waals surface area contributed by atoms with Crippen LogP contribution in [0.3, 0.4) is 0 Å². The molecule has 0 saturated carbocycles. The summed E-state index contributed by atoms with van der Waals surface area (Å²) in [5, 5.41) is 8.80. The Hall–Kier alpha value is -0.910. The van der Waals surface area contributed by atoms with Crippen molar-refractivity contribution in [1.82, 2.24) is 4.72 Å². The van der Waals surface area contributed by atoms with Crippen LogP contribution in [0.15, 0.2) is 35.2 Å². The van der Waals surface area contributed by atoms with Crippen LogP contribution in [0.2, 0.25) is 0 Å². The number of hydrogen-bond acceptors (Lipinski definition) is 3. The van der Waals surface area contributed by atoms with Gasteiger partial charge in [-0.2, -0.15) is 0 Å². The van der Waals surface area contributed by atoms with Gasteiger partial charge in [0.05, 0.1) is 4.90 Å². The van der Waals surface area contributed by atoms with Crippen molar-refractivity contribution in [3.8, 4) is 0 Å². The molecule has 1 unspecified atom stereocenters. The maximum Gasteiger partial charge on any atom is 0.240 e. The number of aliphatic hydroxyl groups is 1. The van der Waals surface area contributed by atoms with E-state index in [0.717, 1.165) is 0 Å². The maximum absolute atomic E-state index is 11.9. The summed E-state index contributed by atoms with van der Waals surface area (Å²) in [5.41, 5.74) is 0. The molecule has 1 rings (SSSR count). The van der Waals surface area contributed by atoms with Gasteiger partial charge in [0.2, 0.25) is 10.0 Å². The highest BCUT2D eigenvalue weighted by Crippen LogP contribution is 2.09. The van der Waals surface area contributed by atoms with Gasteiger partial charge >= 0.3 is 0 Å². The van der Waals surface area contributed by atoms with Crippen molar-refractivity contribution in [3.63, 3.8) is 0 Å². The van der Waals surface area contributed by atoms with Crippen LogP contribution in [-0.4, -0.2) is 26.2 Å². The average molecular weight is 243 g/mol. The number of rotatable bonds is 6. The molecule has 0 fully saturated rings. The van der Waals surface area contributed by atoms with E-state index >= 15 is 0 Å². The molecule has 0 radical (unpaired) electrons. The molecule has 0 heterocycles. The minimum absolute atomic E-state index is 0.0180. The lowest BCUT2D eigenvalue weighted by Crippen LogP contribution is -2.35. The second-order valence-electron chi connectivity index (χ2n) is 3.55. The Morgan fingerprint density at radius 2 is 1.94 bits per heavy atom. The molecule has 0 bridgehead atoms. The Labute approximate surface area is 96.4 Å². The maximum atomic E-state index is 11.9. The predicted molar refractivity (Wildman–Crippen MR) is 62.5 cm³/mol. The van der Waals surface area contributed by atoms with Gasteiger partial charge in [-0.05, 0) is 25.0 Å². The molecule has 0 aromatic heterocycles. The first kappa shape index (κ1) is 13.2. The Bertz CT molecular complexity index is 402. The molecule has 4 nitrogen and oxygen atoms in total. The molecule has 0 saturated heterocycles. The number of nitrogens with one attached hydrogen (secondary N) is 1. The smallest absolute Gasteiger partial charge is 0.240 e. The third-order valence-corrected chi connectivity index (χ3v) is 3.88. The summed E-state index contributed by atoms with van der Waals surface area (Å²) in [6.45, 7) is 1.86. The highest BCUT2D eigenvalue weighted by molar-refractivity contribution is 7.89. The summed E-state index contributed by atoms with van der Waals surface area (Å²) in [4.78, 5) is 0.256. The van der Waals surface area contributed by atoms with Crippen molar-refractivity contribution in [3.05, 3.63) is 30.3 Å². The van der Waals surface area contributed by atoms with Gasteiger partial charge in [-0.1, -0.05) is 25.1 Å². The van der Waals surface area contributed by atoms with Crippen molar-refractivity contribution in [2.45, 2.75) is 30.7 Å². The first-order valence-corrected chi connectivity index (χ1v) is 6.76. The van der Waals surface area contributed by atoms with Gasteiger partial charge in [0.1, 0.15) is 0 Å². The Morgan fingerprint density at radius 3 is 2.44 bits per heavy atom. The zero-order valence-corrected chi connectivity index (χ0v) is 10.1. The molecular formula is C11H17NO3S. The second-order valence-corrected chi connectivity index (χ2v) is 5.27. The van der Waals surface area contributed by atoms with Crippen LogP contribution >= 0.6 is 0 Å². The minimum atomic E-state index is -3.45. The summed E-state index contributed by atoms with van der Waals surface area (Å²) in [7, 11) is -3.45. The second kappa shape index (κ2) is 5.98. The Kier molecular flexibility index (Phi) is 4.92. The fourth-order valence-electron chi connectivity index (χ4n) is 1.39. The molecule has 0 amide bonds. The van der Waals surface area contributed by atoms with Crippen LogP contribution in [0, 0.1) is 0 Å². The largest absolute Gasteiger partial charge is 0.396 e. The van der Waals surface area contributed by atoms with Gasteiger partial charge in [-0.15, -0.1) is 0 Å². The van der Waals surface area contributed by atoms with Crippen LogP contribution in [-0.2, 0) is 10.0 Å². The van der Waals surface area contributed by atoms with E-state index in [2.05, 4.69) is 4.72 Å². The third-order valence-electron chi connectivity index (χ3n) is 2.35. The lowest BCUT2D eigenvalue weighted by atomic mass is 10.2. The van der Waals surface area contributed by atoms with Crippen LogP contribution in [0.4, 0.5) is 0 Å². The minimum Gasteiger partial charge on any atom is -0.396 e. The molecule has 5 heteroatoms. The van der Waals surface area contributed by atoms with Crippen LogP contribution < -0.4 is 4.72 Å². The van der Waals surface area contributed by atoms with E-state index in [4.69, 9.17) is 5.11 Å². The molecule has 0 aliphatic heterocycles. The van der Waals surface area contributed by atoms with Crippen molar-refractivity contribution in [2.75, 3.05) is 6.61 Å². The summed E-state index contributed by atoms with van der Waals surface area (Å²) in [6.07, 6.45) is 1.09. The van der Waals surface area contributed by atoms with Crippen LogP contribution in [0.1, 0.15) is 19.8 Å². The molecule has 1 aromatic rings. The van der Waals surface area contributed by atoms with Crippen molar-refractivity contribution >= 4 is 10.0 Å². The third kappa shape index (κ3) is 3.59. The molecule has 0 aliphatic carbocycles. The molecule has 2 N–H and O–H groups in total. The number of benzene rings is 1. The van der Waals surface area contributed by atoms with E-state index in [9.17, 15) is 8.42 Å². The molecule has 0 spiro atoms. The van der Waals surface area contributed by atoms with E-state index in [1.165, 1.54) is 0 Å². The molecule has 16 heavy (non-hydrogen) atoms. The van der Waals surface area contributed by atoms with E-state index < -0.39 is 10.0 Å². The van der Waals surface area contributed by atoms with Gasteiger partial charge in [-0.3, -0.25) is 0 Å². The highest BCUT2D eigenvalue weighted by atomic mass is 32.2. The van der Waals surface area contributed by atoms with E-state index in [0.29, 0.717) is 12.8 Å². The van der Waals surface area contributed by atoms with Gasteiger partial charge < -0.3 is 5.11 Å². The lowest BCUT2D eigenvalue weighted by molar-refractivity contribution is 0.270. The fraction of sp³-hybridized carbons (Fsp3) is 0.455. The lowest BCUT2D eigenvalue weighted by Gasteiger charge is -2.15. The average Bonchev–Trinajstić information content (AvgIpc) is 2.29. The molecule has 0 aliphatic rings. The summed E-state index contributed by atoms with van der Waals surface area (Å²) in [5.74, 6) is 0. The molecule has 90 valence electrons. The van der Waals surface area contributed by atoms with Crippen molar-refractivity contribution in [1.29, 1.82) is 0 Å². The zero-order valence-electron chi connectivity index (χ0n) is 9.26. The monoisotopic (exact) mass is 243 g/mol. The topological polar surface area (TPSA) is 66.4 Å². The summed E-state index contributed by atoms with van der Waals surface area (Å²) < 4.78 is 26.3. The normalized spacial score (nSPS) is 13.6. The van der Waals surface area contributed by atoms with Crippen LogP contribution in [0.25, 0.3) is 0 Å². The van der Waals surface area contributed by atoms with Gasteiger partial charge in [-0.25, -0.2) is 13.1 Å². The summed E-state index contributed by atoms with van der Waals surface area (Å²) in [6, 6.07) is 8.02. The summed E-state index contributed by atoms with van der Waals surface area (Å²) >= 11 is 0. The SMILES string of the molecule is CCC(CCO)NS(=O)(=O)c1ccccc1.